The highest BCUT2D eigenvalue weighted by molar-refractivity contribution is 5.93. The zero-order valence-electron chi connectivity index (χ0n) is 8.45. The summed E-state index contributed by atoms with van der Waals surface area (Å²) < 4.78 is 0. The number of carbonyl (C=O) groups excluding carboxylic acids is 1. The molecular formula is C10H15N3O. The largest absolute Gasteiger partial charge is 0.320 e. The average molecular weight is 193 g/mol. The summed E-state index contributed by atoms with van der Waals surface area (Å²) >= 11 is 0. The maximum Gasteiger partial charge on any atom is 0.242 e. The number of nitrogens with two attached hydrogens (primary N) is 1. The van der Waals surface area contributed by atoms with E-state index < -0.39 is 6.04 Å². The number of aromatic nitrogens is 1. The second-order valence-electron chi connectivity index (χ2n) is 3.17. The molecule has 0 fully saturated rings. The second kappa shape index (κ2) is 4.72. The molecule has 0 aliphatic rings. The highest BCUT2D eigenvalue weighted by Gasteiger charge is 2.10. The molecule has 0 radical (unpaired) electrons. The Labute approximate surface area is 83.5 Å². The van der Waals surface area contributed by atoms with Crippen molar-refractivity contribution >= 4 is 11.7 Å². The molecule has 1 rings (SSSR count). The highest BCUT2D eigenvalue weighted by atomic mass is 16.2. The van der Waals surface area contributed by atoms with Crippen LogP contribution in [0.4, 0.5) is 5.82 Å². The lowest BCUT2D eigenvalue weighted by atomic mass is 10.2. The van der Waals surface area contributed by atoms with E-state index in [0.29, 0.717) is 12.2 Å². The first kappa shape index (κ1) is 10.7. The van der Waals surface area contributed by atoms with Gasteiger partial charge in [-0.25, -0.2) is 4.98 Å². The molecule has 76 valence electrons. The summed E-state index contributed by atoms with van der Waals surface area (Å²) in [7, 11) is 0. The number of nitrogens with zero attached hydrogens (tertiary/aromatic N) is 1. The van der Waals surface area contributed by atoms with Gasteiger partial charge >= 0.3 is 0 Å². The molecule has 0 aromatic carbocycles. The molecule has 1 aromatic heterocycles. The van der Waals surface area contributed by atoms with Crippen LogP contribution < -0.4 is 11.1 Å². The molecule has 0 unspecified atom stereocenters. The third-order valence-electron chi connectivity index (χ3n) is 1.92. The van der Waals surface area contributed by atoms with Gasteiger partial charge in [0, 0.05) is 5.69 Å². The molecule has 14 heavy (non-hydrogen) atoms. The Kier molecular flexibility index (Phi) is 3.59. The van der Waals surface area contributed by atoms with Gasteiger partial charge in [-0.2, -0.15) is 0 Å². The van der Waals surface area contributed by atoms with Crippen molar-refractivity contribution in [3.05, 3.63) is 23.9 Å². The van der Waals surface area contributed by atoms with Crippen LogP contribution in [0.2, 0.25) is 0 Å². The maximum absolute atomic E-state index is 11.4. The summed E-state index contributed by atoms with van der Waals surface area (Å²) in [5.74, 6) is 0.365. The van der Waals surface area contributed by atoms with Gasteiger partial charge in [-0.15, -0.1) is 0 Å². The van der Waals surface area contributed by atoms with Gasteiger partial charge in [0.05, 0.1) is 6.04 Å². The van der Waals surface area contributed by atoms with Crippen molar-refractivity contribution < 1.29 is 4.79 Å². The van der Waals surface area contributed by atoms with E-state index in [-0.39, 0.29) is 5.91 Å². The summed E-state index contributed by atoms with van der Waals surface area (Å²) in [6.45, 7) is 3.74. The van der Waals surface area contributed by atoms with Gasteiger partial charge in [0.15, 0.2) is 0 Å². The van der Waals surface area contributed by atoms with Crippen LogP contribution >= 0.6 is 0 Å². The van der Waals surface area contributed by atoms with Crippen LogP contribution in [-0.2, 0) is 4.79 Å². The van der Waals surface area contributed by atoms with Gasteiger partial charge in [-0.3, -0.25) is 4.79 Å². The molecule has 0 saturated carbocycles. The SMILES string of the molecule is CC[C@@H](N)C(=O)Nc1cccc(C)n1. The number of hydrogen-bond acceptors (Lipinski definition) is 3. The first-order chi connectivity index (χ1) is 6.63. The smallest absolute Gasteiger partial charge is 0.242 e. The Morgan fingerprint density at radius 1 is 1.64 bits per heavy atom. The van der Waals surface area contributed by atoms with Crippen molar-refractivity contribution in [3.63, 3.8) is 0 Å². The Morgan fingerprint density at radius 2 is 2.36 bits per heavy atom. The van der Waals surface area contributed by atoms with Crippen molar-refractivity contribution in [1.29, 1.82) is 0 Å². The molecule has 0 saturated heterocycles. The van der Waals surface area contributed by atoms with Gasteiger partial charge in [0.2, 0.25) is 5.91 Å². The van der Waals surface area contributed by atoms with Crippen LogP contribution in [-0.4, -0.2) is 16.9 Å². The number of nitrogens with one attached hydrogen (secondary N) is 1. The summed E-state index contributed by atoms with van der Waals surface area (Å²) in [4.78, 5) is 15.5. The van der Waals surface area contributed by atoms with E-state index in [2.05, 4.69) is 10.3 Å². The van der Waals surface area contributed by atoms with Crippen LogP contribution in [0.1, 0.15) is 19.0 Å². The molecule has 1 aromatic rings. The van der Waals surface area contributed by atoms with E-state index in [1.165, 1.54) is 0 Å². The first-order valence-corrected chi connectivity index (χ1v) is 4.63. The lowest BCUT2D eigenvalue weighted by Crippen LogP contribution is -2.35. The summed E-state index contributed by atoms with van der Waals surface area (Å²) in [6.07, 6.45) is 0.623. The van der Waals surface area contributed by atoms with E-state index in [1.807, 2.05) is 26.0 Å². The third-order valence-corrected chi connectivity index (χ3v) is 1.92. The lowest BCUT2D eigenvalue weighted by Gasteiger charge is -2.09. The molecule has 4 heteroatoms. The van der Waals surface area contributed by atoms with E-state index in [4.69, 9.17) is 5.73 Å². The zero-order valence-corrected chi connectivity index (χ0v) is 8.45. The lowest BCUT2D eigenvalue weighted by molar-refractivity contribution is -0.117. The summed E-state index contributed by atoms with van der Waals surface area (Å²) in [6, 6.07) is 5.00. The molecule has 1 heterocycles. The zero-order chi connectivity index (χ0) is 10.6. The number of anilines is 1. The van der Waals surface area contributed by atoms with E-state index in [1.54, 1.807) is 6.07 Å². The molecular weight excluding hydrogens is 178 g/mol. The Balaban J connectivity index is 2.65. The number of pyridine rings is 1. The van der Waals surface area contributed by atoms with Gasteiger partial charge in [0.25, 0.3) is 0 Å². The van der Waals surface area contributed by atoms with E-state index >= 15 is 0 Å². The molecule has 1 amide bonds. The molecule has 0 aliphatic heterocycles. The van der Waals surface area contributed by atoms with Crippen molar-refractivity contribution in [3.8, 4) is 0 Å². The van der Waals surface area contributed by atoms with Crippen molar-refractivity contribution in [1.82, 2.24) is 4.98 Å². The number of hydrogen-bond donors (Lipinski definition) is 2. The minimum absolute atomic E-state index is 0.189. The van der Waals surface area contributed by atoms with Gasteiger partial charge in [0.1, 0.15) is 5.82 Å². The average Bonchev–Trinajstić information content (AvgIpc) is 2.16. The number of amides is 1. The minimum Gasteiger partial charge on any atom is -0.320 e. The molecule has 1 atom stereocenters. The second-order valence-corrected chi connectivity index (χ2v) is 3.17. The molecule has 4 nitrogen and oxygen atoms in total. The fraction of sp³-hybridized carbons (Fsp3) is 0.400. The summed E-state index contributed by atoms with van der Waals surface area (Å²) in [5, 5.41) is 2.66. The Hall–Kier alpha value is -1.42. The van der Waals surface area contributed by atoms with Gasteiger partial charge in [-0.1, -0.05) is 13.0 Å². The van der Waals surface area contributed by atoms with Crippen LogP contribution in [0.3, 0.4) is 0 Å². The summed E-state index contributed by atoms with van der Waals surface area (Å²) in [5.41, 5.74) is 6.43. The van der Waals surface area contributed by atoms with Crippen LogP contribution in [0.5, 0.6) is 0 Å². The molecule has 0 spiro atoms. The molecule has 3 N–H and O–H groups in total. The predicted molar refractivity (Wildman–Crippen MR) is 55.9 cm³/mol. The third kappa shape index (κ3) is 2.81. The fourth-order valence-electron chi connectivity index (χ4n) is 1.02. The Bertz CT molecular complexity index is 325. The monoisotopic (exact) mass is 193 g/mol. The van der Waals surface area contributed by atoms with Crippen LogP contribution in [0, 0.1) is 6.92 Å². The predicted octanol–water partition coefficient (Wildman–Crippen LogP) is 1.07. The maximum atomic E-state index is 11.4. The molecule has 0 aliphatic carbocycles. The minimum atomic E-state index is -0.461. The topological polar surface area (TPSA) is 68.0 Å². The number of aryl methyl sites for hydroxylation is 1. The Morgan fingerprint density at radius 3 is 2.93 bits per heavy atom. The van der Waals surface area contributed by atoms with Crippen molar-refractivity contribution in [2.75, 3.05) is 5.32 Å². The van der Waals surface area contributed by atoms with E-state index in [0.717, 1.165) is 5.69 Å². The standard InChI is InChI=1S/C10H15N3O/c1-3-8(11)10(14)13-9-6-4-5-7(2)12-9/h4-6,8H,3,11H2,1-2H3,(H,12,13,14)/t8-/m1/s1. The van der Waals surface area contributed by atoms with E-state index in [9.17, 15) is 4.79 Å². The first-order valence-electron chi connectivity index (χ1n) is 4.63. The quantitative estimate of drug-likeness (QED) is 0.754. The number of carbonyl (C=O) groups is 1. The normalized spacial score (nSPS) is 12.2. The van der Waals surface area contributed by atoms with Gasteiger partial charge in [-0.05, 0) is 25.5 Å². The van der Waals surface area contributed by atoms with Crippen LogP contribution in [0.25, 0.3) is 0 Å². The fourth-order valence-corrected chi connectivity index (χ4v) is 1.02. The highest BCUT2D eigenvalue weighted by Crippen LogP contribution is 2.04. The molecule has 0 bridgehead atoms. The van der Waals surface area contributed by atoms with Gasteiger partial charge < -0.3 is 11.1 Å². The number of rotatable bonds is 3. The van der Waals surface area contributed by atoms with Crippen molar-refractivity contribution in [2.24, 2.45) is 5.73 Å². The van der Waals surface area contributed by atoms with Crippen molar-refractivity contribution in [2.45, 2.75) is 26.3 Å². The van der Waals surface area contributed by atoms with Crippen LogP contribution in [0.15, 0.2) is 18.2 Å².